The van der Waals surface area contributed by atoms with Crippen LogP contribution in [0.3, 0.4) is 0 Å². The molecule has 0 saturated carbocycles. The molecule has 6 nitrogen and oxygen atoms in total. The Kier molecular flexibility index (Phi) is 5.14. The van der Waals surface area contributed by atoms with Crippen molar-refractivity contribution in [2.24, 2.45) is 0 Å². The Morgan fingerprint density at radius 3 is 2.33 bits per heavy atom. The summed E-state index contributed by atoms with van der Waals surface area (Å²) in [4.78, 5) is 19.4. The lowest BCUT2D eigenvalue weighted by Crippen LogP contribution is -2.22. The summed E-state index contributed by atoms with van der Waals surface area (Å²) in [5.41, 5.74) is 3.71. The molecular formula is C20H21N3O3S. The maximum absolute atomic E-state index is 12.5. The fourth-order valence-corrected chi connectivity index (χ4v) is 3.76. The van der Waals surface area contributed by atoms with Gasteiger partial charge in [0.15, 0.2) is 0 Å². The summed E-state index contributed by atoms with van der Waals surface area (Å²) in [6.07, 6.45) is 0.431. The van der Waals surface area contributed by atoms with Gasteiger partial charge in [0.1, 0.15) is 0 Å². The number of anilines is 1. The quantitative estimate of drug-likeness (QED) is 0.708. The predicted molar refractivity (Wildman–Crippen MR) is 106 cm³/mol. The monoisotopic (exact) mass is 383 g/mol. The van der Waals surface area contributed by atoms with Gasteiger partial charge >= 0.3 is 0 Å². The first-order chi connectivity index (χ1) is 12.7. The van der Waals surface area contributed by atoms with Crippen LogP contribution in [0.4, 0.5) is 5.95 Å². The van der Waals surface area contributed by atoms with Gasteiger partial charge in [-0.25, -0.2) is 18.1 Å². The van der Waals surface area contributed by atoms with Crippen LogP contribution in [0.5, 0.6) is 0 Å². The average Bonchev–Trinajstić information content (AvgIpc) is 2.58. The van der Waals surface area contributed by atoms with Crippen LogP contribution in [-0.4, -0.2) is 18.4 Å². The van der Waals surface area contributed by atoms with Crippen molar-refractivity contribution in [1.82, 2.24) is 9.97 Å². The first-order valence-corrected chi connectivity index (χ1v) is 9.98. The van der Waals surface area contributed by atoms with E-state index in [4.69, 9.17) is 0 Å². The van der Waals surface area contributed by atoms with Gasteiger partial charge in [-0.05, 0) is 38.5 Å². The third-order valence-corrected chi connectivity index (χ3v) is 5.60. The van der Waals surface area contributed by atoms with Crippen LogP contribution < -0.4 is 10.3 Å². The molecule has 2 N–H and O–H groups in total. The number of benzene rings is 2. The summed E-state index contributed by atoms with van der Waals surface area (Å²) in [6.45, 7) is 5.56. The zero-order valence-corrected chi connectivity index (χ0v) is 16.2. The fraction of sp³-hybridized carbons (Fsp3) is 0.200. The minimum atomic E-state index is -3.82. The molecule has 1 heterocycles. The second kappa shape index (κ2) is 7.36. The normalized spacial score (nSPS) is 11.4. The van der Waals surface area contributed by atoms with Gasteiger partial charge in [-0.1, -0.05) is 47.5 Å². The van der Waals surface area contributed by atoms with Gasteiger partial charge in [-0.3, -0.25) is 9.78 Å². The average molecular weight is 383 g/mol. The smallest absolute Gasteiger partial charge is 0.264 e. The Morgan fingerprint density at radius 2 is 1.70 bits per heavy atom. The van der Waals surface area contributed by atoms with E-state index in [0.717, 1.165) is 16.7 Å². The Morgan fingerprint density at radius 1 is 1.00 bits per heavy atom. The lowest BCUT2D eigenvalue weighted by Gasteiger charge is -2.10. The van der Waals surface area contributed by atoms with Gasteiger partial charge in [0.2, 0.25) is 5.95 Å². The van der Waals surface area contributed by atoms with E-state index in [1.54, 1.807) is 19.1 Å². The van der Waals surface area contributed by atoms with E-state index in [0.29, 0.717) is 17.7 Å². The molecule has 27 heavy (non-hydrogen) atoms. The van der Waals surface area contributed by atoms with E-state index in [9.17, 15) is 13.2 Å². The molecule has 1 aromatic heterocycles. The molecule has 140 valence electrons. The van der Waals surface area contributed by atoms with E-state index in [1.165, 1.54) is 12.1 Å². The van der Waals surface area contributed by atoms with Crippen LogP contribution >= 0.6 is 0 Å². The highest BCUT2D eigenvalue weighted by Gasteiger charge is 2.17. The first kappa shape index (κ1) is 18.8. The number of hydrogen-bond acceptors (Lipinski definition) is 4. The molecule has 7 heteroatoms. The highest BCUT2D eigenvalue weighted by Crippen LogP contribution is 2.15. The molecule has 0 spiro atoms. The van der Waals surface area contributed by atoms with Crippen molar-refractivity contribution in [3.8, 4) is 0 Å². The van der Waals surface area contributed by atoms with Gasteiger partial charge in [0.25, 0.3) is 15.6 Å². The second-order valence-corrected chi connectivity index (χ2v) is 8.25. The van der Waals surface area contributed by atoms with Crippen molar-refractivity contribution < 1.29 is 8.42 Å². The fourth-order valence-electron chi connectivity index (χ4n) is 2.80. The maximum atomic E-state index is 12.5. The lowest BCUT2D eigenvalue weighted by molar-refractivity contribution is 0.600. The maximum Gasteiger partial charge on any atom is 0.264 e. The summed E-state index contributed by atoms with van der Waals surface area (Å²) in [6, 6.07) is 14.3. The zero-order valence-electron chi connectivity index (χ0n) is 15.4. The third kappa shape index (κ3) is 4.43. The molecule has 0 aliphatic rings. The molecule has 0 aliphatic carbocycles. The van der Waals surface area contributed by atoms with E-state index in [1.807, 2.05) is 38.1 Å². The molecule has 3 rings (SSSR count). The van der Waals surface area contributed by atoms with E-state index >= 15 is 0 Å². The summed E-state index contributed by atoms with van der Waals surface area (Å²) in [7, 11) is -3.82. The first-order valence-electron chi connectivity index (χ1n) is 8.49. The molecule has 0 unspecified atom stereocenters. The van der Waals surface area contributed by atoms with E-state index in [2.05, 4.69) is 14.7 Å². The number of nitrogens with zero attached hydrogens (tertiary/aromatic N) is 1. The van der Waals surface area contributed by atoms with E-state index in [-0.39, 0.29) is 16.4 Å². The number of rotatable bonds is 5. The van der Waals surface area contributed by atoms with Crippen molar-refractivity contribution in [2.45, 2.75) is 32.1 Å². The molecule has 3 aromatic rings. The highest BCUT2D eigenvalue weighted by atomic mass is 32.2. The van der Waals surface area contributed by atoms with Gasteiger partial charge in [-0.2, -0.15) is 0 Å². The Labute approximate surface area is 158 Å². The van der Waals surface area contributed by atoms with Crippen LogP contribution in [0.1, 0.15) is 27.9 Å². The Balaban J connectivity index is 1.88. The van der Waals surface area contributed by atoms with Crippen molar-refractivity contribution >= 4 is 16.0 Å². The highest BCUT2D eigenvalue weighted by molar-refractivity contribution is 7.92. The number of sulfonamides is 1. The lowest BCUT2D eigenvalue weighted by atomic mass is 10.0. The summed E-state index contributed by atoms with van der Waals surface area (Å²) < 4.78 is 27.3. The Bertz CT molecular complexity index is 1130. The van der Waals surface area contributed by atoms with Crippen LogP contribution in [0.25, 0.3) is 0 Å². The number of nitrogens with one attached hydrogen (secondary N) is 2. The second-order valence-electron chi connectivity index (χ2n) is 6.56. The van der Waals surface area contributed by atoms with Crippen molar-refractivity contribution in [3.63, 3.8) is 0 Å². The molecule has 0 atom stereocenters. The minimum absolute atomic E-state index is 0.0916. The van der Waals surface area contributed by atoms with Gasteiger partial charge in [0, 0.05) is 12.0 Å². The molecule has 2 aromatic carbocycles. The number of aromatic amines is 1. The molecule has 0 aliphatic heterocycles. The topological polar surface area (TPSA) is 91.9 Å². The SMILES string of the molecule is Cc1ccc(S(=O)(=O)Nc2nc(C)c(Cc3cccc(C)c3)c(=O)[nH]2)cc1. The number of hydrogen-bond donors (Lipinski definition) is 2. The molecule has 0 fully saturated rings. The predicted octanol–water partition coefficient (Wildman–Crippen LogP) is 3.09. The van der Waals surface area contributed by atoms with Crippen LogP contribution in [0.2, 0.25) is 0 Å². The number of aromatic nitrogens is 2. The molecule has 0 saturated heterocycles. The van der Waals surface area contributed by atoms with E-state index < -0.39 is 10.0 Å². The van der Waals surface area contributed by atoms with Gasteiger partial charge in [0.05, 0.1) is 10.6 Å². The van der Waals surface area contributed by atoms with Crippen LogP contribution in [-0.2, 0) is 16.4 Å². The summed E-state index contributed by atoms with van der Waals surface area (Å²) >= 11 is 0. The molecule has 0 radical (unpaired) electrons. The number of aryl methyl sites for hydroxylation is 3. The Hall–Kier alpha value is -2.93. The third-order valence-electron chi connectivity index (χ3n) is 4.25. The minimum Gasteiger partial charge on any atom is -0.292 e. The van der Waals surface area contributed by atoms with Crippen molar-refractivity contribution in [3.05, 3.63) is 86.8 Å². The number of H-pyrrole nitrogens is 1. The molecule has 0 bridgehead atoms. The van der Waals surface area contributed by atoms with Crippen LogP contribution in [0, 0.1) is 20.8 Å². The summed E-state index contributed by atoms with van der Waals surface area (Å²) in [5.74, 6) is -0.0916. The van der Waals surface area contributed by atoms with Gasteiger partial charge < -0.3 is 0 Å². The standard InChI is InChI=1S/C20H21N3O3S/c1-13-7-9-17(10-8-13)27(25,26)23-20-21-15(3)18(19(24)22-20)12-16-6-4-5-14(2)11-16/h4-11H,12H2,1-3H3,(H2,21,22,23,24). The molecular weight excluding hydrogens is 362 g/mol. The van der Waals surface area contributed by atoms with Crippen LogP contribution in [0.15, 0.2) is 58.2 Å². The molecule has 0 amide bonds. The zero-order chi connectivity index (χ0) is 19.6. The van der Waals surface area contributed by atoms with Crippen molar-refractivity contribution in [1.29, 1.82) is 0 Å². The summed E-state index contributed by atoms with van der Waals surface area (Å²) in [5, 5.41) is 0. The largest absolute Gasteiger partial charge is 0.292 e. The van der Waals surface area contributed by atoms with Crippen molar-refractivity contribution in [2.75, 3.05) is 4.72 Å². The van der Waals surface area contributed by atoms with Gasteiger partial charge in [-0.15, -0.1) is 0 Å².